The molecule has 3 heterocycles. The van der Waals surface area contributed by atoms with Crippen molar-refractivity contribution >= 4 is 27.7 Å². The number of aliphatic carboxylic acids is 1. The van der Waals surface area contributed by atoms with Gasteiger partial charge in [-0.15, -0.1) is 20.4 Å². The lowest BCUT2D eigenvalue weighted by Gasteiger charge is -2.32. The molecule has 3 aromatic rings. The van der Waals surface area contributed by atoms with Crippen LogP contribution in [-0.2, 0) is 11.3 Å². The second-order valence-corrected chi connectivity index (χ2v) is 7.41. The Labute approximate surface area is 178 Å². The number of tetrazole rings is 1. The highest BCUT2D eigenvalue weighted by atomic mass is 79.9. The lowest BCUT2D eigenvalue weighted by molar-refractivity contribution is -0.138. The number of hydrogen-bond acceptors (Lipinski definition) is 9. The number of carboxylic acid groups (broad SMARTS) is 1. The van der Waals surface area contributed by atoms with Crippen LogP contribution in [0.15, 0.2) is 28.9 Å². The number of ether oxygens (including phenoxy) is 1. The molecule has 0 unspecified atom stereocenters. The molecule has 0 amide bonds. The Hall–Kier alpha value is -3.22. The van der Waals surface area contributed by atoms with Gasteiger partial charge in [0.15, 0.2) is 12.4 Å². The van der Waals surface area contributed by atoms with E-state index >= 15 is 0 Å². The summed E-state index contributed by atoms with van der Waals surface area (Å²) in [6.45, 7) is 0.961. The molecule has 0 aliphatic carbocycles. The number of piperidine rings is 1. The number of hydrogen-bond donors (Lipinski definition) is 1. The zero-order valence-electron chi connectivity index (χ0n) is 15.5. The van der Waals surface area contributed by atoms with Gasteiger partial charge in [0.1, 0.15) is 17.7 Å². The Morgan fingerprint density at radius 1 is 1.23 bits per heavy atom. The van der Waals surface area contributed by atoms with E-state index in [1.807, 2.05) is 4.90 Å². The molecule has 1 aliphatic heterocycles. The number of anilines is 1. The molecule has 0 saturated carbocycles. The van der Waals surface area contributed by atoms with E-state index in [1.54, 1.807) is 12.3 Å². The molecule has 0 radical (unpaired) electrons. The third kappa shape index (κ3) is 4.67. The smallest absolute Gasteiger partial charge is 0.327 e. The van der Waals surface area contributed by atoms with Crippen LogP contribution in [0.2, 0.25) is 0 Å². The summed E-state index contributed by atoms with van der Waals surface area (Å²) >= 11 is 3.37. The summed E-state index contributed by atoms with van der Waals surface area (Å²) in [7, 11) is 0. The van der Waals surface area contributed by atoms with Gasteiger partial charge in [-0.3, -0.25) is 4.79 Å². The molecule has 0 bridgehead atoms. The topological polar surface area (TPSA) is 132 Å². The third-order valence-electron chi connectivity index (χ3n) is 4.43. The predicted octanol–water partition coefficient (Wildman–Crippen LogP) is 1.56. The predicted molar refractivity (Wildman–Crippen MR) is 104 cm³/mol. The van der Waals surface area contributed by atoms with Crippen LogP contribution in [0.5, 0.6) is 5.75 Å². The van der Waals surface area contributed by atoms with Gasteiger partial charge < -0.3 is 14.7 Å². The van der Waals surface area contributed by atoms with E-state index in [1.165, 1.54) is 12.1 Å². The quantitative estimate of drug-likeness (QED) is 0.556. The molecule has 30 heavy (non-hydrogen) atoms. The van der Waals surface area contributed by atoms with Crippen molar-refractivity contribution in [3.63, 3.8) is 0 Å². The molecule has 156 valence electrons. The van der Waals surface area contributed by atoms with Crippen LogP contribution < -0.4 is 9.64 Å². The molecule has 1 saturated heterocycles. The molecule has 0 atom stereocenters. The van der Waals surface area contributed by atoms with E-state index in [9.17, 15) is 9.18 Å². The van der Waals surface area contributed by atoms with Gasteiger partial charge in [-0.1, -0.05) is 0 Å². The maximum Gasteiger partial charge on any atom is 0.327 e. The van der Waals surface area contributed by atoms with Crippen LogP contribution in [0.4, 0.5) is 10.2 Å². The summed E-state index contributed by atoms with van der Waals surface area (Å²) in [6.07, 6.45) is 2.99. The van der Waals surface area contributed by atoms with Gasteiger partial charge in [0, 0.05) is 32.0 Å². The van der Waals surface area contributed by atoms with Crippen molar-refractivity contribution in [1.82, 2.24) is 35.4 Å². The molecule has 0 spiro atoms. The van der Waals surface area contributed by atoms with Crippen molar-refractivity contribution in [2.24, 2.45) is 0 Å². The van der Waals surface area contributed by atoms with Crippen LogP contribution in [0.1, 0.15) is 12.8 Å². The third-order valence-corrected chi connectivity index (χ3v) is 5.09. The minimum atomic E-state index is -1.08. The lowest BCUT2D eigenvalue weighted by Crippen LogP contribution is -2.39. The number of carbonyl (C=O) groups is 1. The first-order valence-corrected chi connectivity index (χ1v) is 9.83. The van der Waals surface area contributed by atoms with E-state index < -0.39 is 12.5 Å². The number of benzene rings is 1. The first kappa shape index (κ1) is 20.1. The van der Waals surface area contributed by atoms with Crippen LogP contribution in [-0.4, -0.2) is 65.7 Å². The van der Waals surface area contributed by atoms with Gasteiger partial charge in [-0.25, -0.2) is 9.37 Å². The van der Waals surface area contributed by atoms with Crippen molar-refractivity contribution in [3.8, 4) is 17.4 Å². The monoisotopic (exact) mass is 478 g/mol. The van der Waals surface area contributed by atoms with Crippen molar-refractivity contribution in [2.75, 3.05) is 18.0 Å². The van der Waals surface area contributed by atoms with Gasteiger partial charge in [0.2, 0.25) is 11.6 Å². The molecule has 1 N–H and O–H groups in total. The van der Waals surface area contributed by atoms with Crippen molar-refractivity contribution in [2.45, 2.75) is 25.5 Å². The maximum atomic E-state index is 13.4. The number of aromatic nitrogens is 7. The highest BCUT2D eigenvalue weighted by Crippen LogP contribution is 2.29. The minimum absolute atomic E-state index is 0.0342. The lowest BCUT2D eigenvalue weighted by atomic mass is 10.1. The van der Waals surface area contributed by atoms with Gasteiger partial charge in [-0.05, 0) is 33.3 Å². The summed E-state index contributed by atoms with van der Waals surface area (Å²) in [5.41, 5.74) is 0. The summed E-state index contributed by atoms with van der Waals surface area (Å²) < 4.78 is 20.1. The van der Waals surface area contributed by atoms with Crippen molar-refractivity contribution in [1.29, 1.82) is 0 Å². The molecular weight excluding hydrogens is 463 g/mol. The van der Waals surface area contributed by atoms with Gasteiger partial charge >= 0.3 is 5.97 Å². The Bertz CT molecular complexity index is 1040. The van der Waals surface area contributed by atoms with Crippen LogP contribution in [0.25, 0.3) is 11.6 Å². The van der Waals surface area contributed by atoms with E-state index in [0.717, 1.165) is 17.6 Å². The first-order valence-electron chi connectivity index (χ1n) is 9.04. The van der Waals surface area contributed by atoms with Crippen molar-refractivity contribution < 1.29 is 19.0 Å². The second kappa shape index (κ2) is 8.65. The molecule has 4 rings (SSSR count). The summed E-state index contributed by atoms with van der Waals surface area (Å²) in [5, 5.41) is 28.2. The number of carboxylic acids is 1. The highest BCUT2D eigenvalue weighted by molar-refractivity contribution is 9.10. The number of halogens is 2. The fourth-order valence-electron chi connectivity index (χ4n) is 2.99. The average molecular weight is 479 g/mol. The molecular formula is C17H16BrFN8O3. The van der Waals surface area contributed by atoms with E-state index in [-0.39, 0.29) is 23.6 Å². The normalized spacial score (nSPS) is 14.7. The SMILES string of the molecule is O=C(O)Cn1nnc(-c2ncc(N3CCC(Oc4cc(F)ccc4Br)CC3)nn2)n1. The van der Waals surface area contributed by atoms with Crippen LogP contribution >= 0.6 is 15.9 Å². The fraction of sp³-hybridized carbons (Fsp3) is 0.353. The number of nitrogens with zero attached hydrogens (tertiary/aromatic N) is 8. The molecule has 1 aliphatic rings. The molecule has 1 fully saturated rings. The molecule has 13 heteroatoms. The standard InChI is InChI=1S/C17H16BrFN8O3/c18-12-2-1-10(19)7-13(12)30-11-3-5-26(6-4-11)14-8-20-16(22-21-14)17-23-25-27(24-17)9-15(28)29/h1-2,7-8,11H,3-6,9H2,(H,28,29). The molecule has 11 nitrogen and oxygen atoms in total. The second-order valence-electron chi connectivity index (χ2n) is 6.56. The largest absolute Gasteiger partial charge is 0.489 e. The number of rotatable bonds is 6. The fourth-order valence-corrected chi connectivity index (χ4v) is 3.33. The zero-order chi connectivity index (χ0) is 21.1. The average Bonchev–Trinajstić information content (AvgIpc) is 3.19. The molecule has 2 aromatic heterocycles. The zero-order valence-corrected chi connectivity index (χ0v) is 17.1. The maximum absolute atomic E-state index is 13.4. The van der Waals surface area contributed by atoms with Gasteiger partial charge in [0.05, 0.1) is 10.7 Å². The van der Waals surface area contributed by atoms with Crippen molar-refractivity contribution in [3.05, 3.63) is 34.7 Å². The highest BCUT2D eigenvalue weighted by Gasteiger charge is 2.23. The van der Waals surface area contributed by atoms with Gasteiger partial charge in [0.25, 0.3) is 0 Å². The van der Waals surface area contributed by atoms with E-state index in [2.05, 4.69) is 46.5 Å². The Morgan fingerprint density at radius 2 is 2.03 bits per heavy atom. The summed E-state index contributed by atoms with van der Waals surface area (Å²) in [4.78, 5) is 17.9. The van der Waals surface area contributed by atoms with E-state index in [4.69, 9.17) is 9.84 Å². The molecule has 1 aromatic carbocycles. The minimum Gasteiger partial charge on any atom is -0.489 e. The summed E-state index contributed by atoms with van der Waals surface area (Å²) in [6, 6.07) is 4.36. The summed E-state index contributed by atoms with van der Waals surface area (Å²) in [5.74, 6) is -0.0764. The Balaban J connectivity index is 1.35. The van der Waals surface area contributed by atoms with E-state index in [0.29, 0.717) is 29.1 Å². The van der Waals surface area contributed by atoms with Gasteiger partial charge in [-0.2, -0.15) is 4.80 Å². The van der Waals surface area contributed by atoms with Crippen LogP contribution in [0, 0.1) is 5.82 Å². The Morgan fingerprint density at radius 3 is 2.73 bits per heavy atom. The Kier molecular flexibility index (Phi) is 5.79. The van der Waals surface area contributed by atoms with Crippen LogP contribution in [0.3, 0.4) is 0 Å². The first-order chi connectivity index (χ1) is 14.5.